The van der Waals surface area contributed by atoms with E-state index in [1.54, 1.807) is 0 Å². The molecule has 0 atom stereocenters. The van der Waals surface area contributed by atoms with Gasteiger partial charge in [0.25, 0.3) is 0 Å². The summed E-state index contributed by atoms with van der Waals surface area (Å²) in [6, 6.07) is 50.8. The third kappa shape index (κ3) is 5.88. The van der Waals surface area contributed by atoms with Crippen LogP contribution in [0.5, 0.6) is 0 Å². The Hall–Kier alpha value is -5.08. The lowest BCUT2D eigenvalue weighted by molar-refractivity contribution is 0.490. The Morgan fingerprint density at radius 1 is 0.377 bits per heavy atom. The van der Waals surface area contributed by atoms with E-state index in [-0.39, 0.29) is 10.8 Å². The van der Waals surface area contributed by atoms with Gasteiger partial charge in [0, 0.05) is 49.4 Å². The van der Waals surface area contributed by atoms with E-state index in [4.69, 9.17) is 0 Å². The van der Waals surface area contributed by atoms with Crippen LogP contribution in [0.1, 0.15) is 97.9 Å². The SMILES string of the molecule is CCC1(CC)c2ccccc2-c2ccc(CN(C)c3ccc(Cc4ccc(N(C)Cc5ccc6c(c5)C(CC)(CC)c5ccccc5-6)cc4)cc3)cc21. The molecule has 0 N–H and O–H groups in total. The molecule has 0 aliphatic heterocycles. The molecule has 0 spiro atoms. The standard InChI is InChI=1S/C51H54N2/c1-7-50(8-2)46-17-13-11-15-42(46)44-29-23-38(32-48(44)50)34-52(5)40-25-19-36(20-26-40)31-37-21-27-41(28-22-37)53(6)35-39-24-30-45-43-16-12-14-18-47(43)51(9-3,10-4)49(45)33-39/h11-30,32-33H,7-10,31,34-35H2,1-6H3. The highest BCUT2D eigenvalue weighted by Gasteiger charge is 2.41. The predicted molar refractivity (Wildman–Crippen MR) is 226 cm³/mol. The molecule has 8 rings (SSSR count). The maximum atomic E-state index is 2.49. The highest BCUT2D eigenvalue weighted by molar-refractivity contribution is 5.82. The first kappa shape index (κ1) is 35.0. The molecular formula is C51H54N2. The fraction of sp³-hybridized carbons (Fsp3) is 0.294. The maximum absolute atomic E-state index is 2.49. The van der Waals surface area contributed by atoms with Gasteiger partial charge in [-0.15, -0.1) is 0 Å². The fourth-order valence-corrected chi connectivity index (χ4v) is 9.93. The molecule has 2 nitrogen and oxygen atoms in total. The molecule has 6 aromatic rings. The summed E-state index contributed by atoms with van der Waals surface area (Å²) in [5, 5.41) is 0. The first-order chi connectivity index (χ1) is 25.8. The summed E-state index contributed by atoms with van der Waals surface area (Å²) in [5.41, 5.74) is 19.8. The molecule has 0 aromatic heterocycles. The Kier molecular flexibility index (Phi) is 9.27. The summed E-state index contributed by atoms with van der Waals surface area (Å²) in [7, 11) is 4.43. The largest absolute Gasteiger partial charge is 0.370 e. The summed E-state index contributed by atoms with van der Waals surface area (Å²) in [5.74, 6) is 0. The molecule has 2 heteroatoms. The summed E-state index contributed by atoms with van der Waals surface area (Å²) >= 11 is 0. The first-order valence-corrected chi connectivity index (χ1v) is 19.9. The molecule has 0 radical (unpaired) electrons. The molecule has 0 amide bonds. The minimum atomic E-state index is 0.113. The number of fused-ring (bicyclic) bond motifs is 6. The monoisotopic (exact) mass is 694 g/mol. The van der Waals surface area contributed by atoms with E-state index in [1.165, 1.54) is 78.1 Å². The van der Waals surface area contributed by atoms with E-state index in [2.05, 4.69) is 185 Å². The smallest absolute Gasteiger partial charge is 0.0426 e. The van der Waals surface area contributed by atoms with Gasteiger partial charge in [-0.3, -0.25) is 0 Å². The lowest BCUT2D eigenvalue weighted by Gasteiger charge is -2.30. The highest BCUT2D eigenvalue weighted by atomic mass is 15.1. The number of benzene rings is 6. The van der Waals surface area contributed by atoms with Crippen LogP contribution >= 0.6 is 0 Å². The van der Waals surface area contributed by atoms with Crippen LogP contribution in [0.25, 0.3) is 22.3 Å². The van der Waals surface area contributed by atoms with E-state index in [0.29, 0.717) is 0 Å². The summed E-state index contributed by atoms with van der Waals surface area (Å²) in [6.45, 7) is 11.2. The van der Waals surface area contributed by atoms with Gasteiger partial charge in [0.15, 0.2) is 0 Å². The van der Waals surface area contributed by atoms with E-state index < -0.39 is 0 Å². The van der Waals surface area contributed by atoms with Crippen LogP contribution in [0, 0.1) is 0 Å². The van der Waals surface area contributed by atoms with Crippen molar-refractivity contribution in [3.05, 3.63) is 178 Å². The molecule has 0 fully saturated rings. The lowest BCUT2D eigenvalue weighted by Crippen LogP contribution is -2.23. The molecular weight excluding hydrogens is 641 g/mol. The van der Waals surface area contributed by atoms with Crippen LogP contribution in [0.4, 0.5) is 11.4 Å². The van der Waals surface area contributed by atoms with Crippen molar-refractivity contribution in [2.45, 2.75) is 83.7 Å². The lowest BCUT2D eigenvalue weighted by atomic mass is 9.73. The van der Waals surface area contributed by atoms with Gasteiger partial charge >= 0.3 is 0 Å². The normalized spacial score (nSPS) is 14.3. The zero-order chi connectivity index (χ0) is 36.7. The molecule has 2 aliphatic rings. The Morgan fingerprint density at radius 2 is 0.717 bits per heavy atom. The third-order valence-corrected chi connectivity index (χ3v) is 13.1. The second-order valence-electron chi connectivity index (χ2n) is 15.7. The van der Waals surface area contributed by atoms with Gasteiger partial charge in [0.2, 0.25) is 0 Å². The van der Waals surface area contributed by atoms with Gasteiger partial charge in [0.1, 0.15) is 0 Å². The zero-order valence-corrected chi connectivity index (χ0v) is 32.5. The molecule has 0 unspecified atom stereocenters. The Balaban J connectivity index is 0.911. The van der Waals surface area contributed by atoms with Crippen molar-refractivity contribution >= 4 is 11.4 Å². The minimum absolute atomic E-state index is 0.113. The van der Waals surface area contributed by atoms with Crippen molar-refractivity contribution in [1.29, 1.82) is 0 Å². The molecule has 0 saturated carbocycles. The van der Waals surface area contributed by atoms with Crippen molar-refractivity contribution in [2.75, 3.05) is 23.9 Å². The van der Waals surface area contributed by atoms with Crippen LogP contribution in [-0.4, -0.2) is 14.1 Å². The van der Waals surface area contributed by atoms with Crippen LogP contribution in [0.15, 0.2) is 133 Å². The number of nitrogens with zero attached hydrogens (tertiary/aromatic N) is 2. The molecule has 2 aliphatic carbocycles. The van der Waals surface area contributed by atoms with Crippen LogP contribution < -0.4 is 9.80 Å². The van der Waals surface area contributed by atoms with Gasteiger partial charge in [-0.2, -0.15) is 0 Å². The van der Waals surface area contributed by atoms with Crippen LogP contribution in [-0.2, 0) is 30.3 Å². The van der Waals surface area contributed by atoms with Crippen molar-refractivity contribution in [2.24, 2.45) is 0 Å². The maximum Gasteiger partial charge on any atom is 0.0426 e. The van der Waals surface area contributed by atoms with Crippen LogP contribution in [0.3, 0.4) is 0 Å². The summed E-state index contributed by atoms with van der Waals surface area (Å²) < 4.78 is 0. The van der Waals surface area contributed by atoms with Gasteiger partial charge in [-0.1, -0.05) is 137 Å². The molecule has 6 aromatic carbocycles. The van der Waals surface area contributed by atoms with E-state index in [1.807, 2.05) is 0 Å². The number of hydrogen-bond donors (Lipinski definition) is 0. The van der Waals surface area contributed by atoms with E-state index in [9.17, 15) is 0 Å². The second kappa shape index (κ2) is 14.0. The average Bonchev–Trinajstić information content (AvgIpc) is 3.64. The summed E-state index contributed by atoms with van der Waals surface area (Å²) in [4.78, 5) is 4.75. The topological polar surface area (TPSA) is 6.48 Å². The van der Waals surface area contributed by atoms with Crippen molar-refractivity contribution in [1.82, 2.24) is 0 Å². The van der Waals surface area contributed by atoms with Gasteiger partial charge < -0.3 is 9.80 Å². The molecule has 53 heavy (non-hydrogen) atoms. The molecule has 0 heterocycles. The van der Waals surface area contributed by atoms with Crippen molar-refractivity contribution in [3.63, 3.8) is 0 Å². The van der Waals surface area contributed by atoms with Gasteiger partial charge in [-0.05, 0) is 123 Å². The Morgan fingerprint density at radius 3 is 1.09 bits per heavy atom. The molecule has 0 saturated heterocycles. The highest BCUT2D eigenvalue weighted by Crippen LogP contribution is 2.54. The zero-order valence-electron chi connectivity index (χ0n) is 32.5. The third-order valence-electron chi connectivity index (χ3n) is 13.1. The molecule has 268 valence electrons. The van der Waals surface area contributed by atoms with E-state index in [0.717, 1.165) is 45.2 Å². The number of rotatable bonds is 12. The predicted octanol–water partition coefficient (Wildman–Crippen LogP) is 12.7. The van der Waals surface area contributed by atoms with Crippen LogP contribution in [0.2, 0.25) is 0 Å². The van der Waals surface area contributed by atoms with Crippen molar-refractivity contribution < 1.29 is 0 Å². The quantitative estimate of drug-likeness (QED) is 0.126. The summed E-state index contributed by atoms with van der Waals surface area (Å²) in [6.07, 6.45) is 5.42. The Bertz CT molecular complexity index is 2070. The molecule has 0 bridgehead atoms. The second-order valence-corrected chi connectivity index (χ2v) is 15.7. The fourth-order valence-electron chi connectivity index (χ4n) is 9.93. The van der Waals surface area contributed by atoms with Gasteiger partial charge in [-0.25, -0.2) is 0 Å². The minimum Gasteiger partial charge on any atom is -0.370 e. The Labute approximate surface area is 318 Å². The van der Waals surface area contributed by atoms with Gasteiger partial charge in [0.05, 0.1) is 0 Å². The number of anilines is 2. The van der Waals surface area contributed by atoms with Crippen molar-refractivity contribution in [3.8, 4) is 22.3 Å². The average molecular weight is 695 g/mol. The van der Waals surface area contributed by atoms with E-state index >= 15 is 0 Å². The first-order valence-electron chi connectivity index (χ1n) is 19.9. The number of hydrogen-bond acceptors (Lipinski definition) is 2.